The van der Waals surface area contributed by atoms with Crippen LogP contribution in [0.4, 0.5) is 17.3 Å². The Morgan fingerprint density at radius 1 is 1.19 bits per heavy atom. The highest BCUT2D eigenvalue weighted by molar-refractivity contribution is 5.97. The second-order valence-corrected chi connectivity index (χ2v) is 6.35. The molecule has 1 fully saturated rings. The highest BCUT2D eigenvalue weighted by Gasteiger charge is 2.21. The number of nitriles is 1. The van der Waals surface area contributed by atoms with Gasteiger partial charge in [0.05, 0.1) is 18.1 Å². The summed E-state index contributed by atoms with van der Waals surface area (Å²) in [5.41, 5.74) is 7.00. The third-order valence-corrected chi connectivity index (χ3v) is 4.39. The van der Waals surface area contributed by atoms with Crippen LogP contribution in [0.3, 0.4) is 0 Å². The number of carbonyl (C=O) groups excluding carboxylic acids is 1. The minimum atomic E-state index is -0.317. The van der Waals surface area contributed by atoms with Gasteiger partial charge in [0, 0.05) is 25.2 Å². The number of rotatable bonds is 5. The molecule has 1 saturated carbocycles. The van der Waals surface area contributed by atoms with Crippen molar-refractivity contribution in [2.45, 2.75) is 37.8 Å². The fraction of sp³-hybridized carbons (Fsp3) is 0.412. The Balaban J connectivity index is 1.81. The highest BCUT2D eigenvalue weighted by atomic mass is 16.1. The lowest BCUT2D eigenvalue weighted by molar-refractivity contribution is 0.0958. The van der Waals surface area contributed by atoms with E-state index < -0.39 is 0 Å². The first-order chi connectivity index (χ1) is 13.1. The van der Waals surface area contributed by atoms with Crippen molar-refractivity contribution >= 4 is 23.2 Å². The van der Waals surface area contributed by atoms with Gasteiger partial charge in [0.2, 0.25) is 0 Å². The zero-order chi connectivity index (χ0) is 19.2. The fourth-order valence-corrected chi connectivity index (χ4v) is 2.91. The van der Waals surface area contributed by atoms with E-state index in [9.17, 15) is 4.79 Å². The molecule has 5 N–H and O–H groups in total. The van der Waals surface area contributed by atoms with E-state index in [1.807, 2.05) is 6.07 Å². The summed E-state index contributed by atoms with van der Waals surface area (Å²) in [7, 11) is 1.55. The molecule has 140 valence electrons. The van der Waals surface area contributed by atoms with Crippen molar-refractivity contribution in [2.75, 3.05) is 17.7 Å². The molecule has 3 rings (SSSR count). The number of nitrogens with one attached hydrogen (secondary N) is 3. The summed E-state index contributed by atoms with van der Waals surface area (Å²) >= 11 is 0. The molecule has 0 aromatic carbocycles. The fourth-order valence-electron chi connectivity index (χ4n) is 2.91. The minimum absolute atomic E-state index is 0.222. The Morgan fingerprint density at radius 2 is 1.96 bits per heavy atom. The summed E-state index contributed by atoms with van der Waals surface area (Å²) in [5.74, 6) is 0.518. The molecule has 10 nitrogen and oxygen atoms in total. The van der Waals surface area contributed by atoms with E-state index in [1.165, 1.54) is 12.4 Å². The maximum absolute atomic E-state index is 12.1. The van der Waals surface area contributed by atoms with Crippen LogP contribution in [-0.4, -0.2) is 45.2 Å². The van der Waals surface area contributed by atoms with Gasteiger partial charge in [0.1, 0.15) is 11.9 Å². The molecule has 10 heteroatoms. The zero-order valence-electron chi connectivity index (χ0n) is 14.9. The largest absolute Gasteiger partial charge is 0.380 e. The number of hydrogen-bond donors (Lipinski definition) is 4. The predicted octanol–water partition coefficient (Wildman–Crippen LogP) is 0.923. The van der Waals surface area contributed by atoms with E-state index >= 15 is 0 Å². The van der Waals surface area contributed by atoms with Gasteiger partial charge >= 0.3 is 0 Å². The molecule has 0 aliphatic heterocycles. The van der Waals surface area contributed by atoms with Gasteiger partial charge in [-0.15, -0.1) is 10.2 Å². The average molecular weight is 367 g/mol. The number of anilines is 3. The molecule has 0 bridgehead atoms. The first kappa shape index (κ1) is 18.5. The van der Waals surface area contributed by atoms with Crippen LogP contribution in [0, 0.1) is 11.3 Å². The van der Waals surface area contributed by atoms with Crippen molar-refractivity contribution in [3.8, 4) is 6.07 Å². The van der Waals surface area contributed by atoms with Crippen molar-refractivity contribution in [2.24, 2.45) is 5.73 Å². The maximum atomic E-state index is 12.1. The molecule has 1 aliphatic carbocycles. The van der Waals surface area contributed by atoms with Crippen LogP contribution in [0.2, 0.25) is 0 Å². The molecule has 1 aliphatic rings. The van der Waals surface area contributed by atoms with E-state index in [0.29, 0.717) is 17.3 Å². The second-order valence-electron chi connectivity index (χ2n) is 6.35. The Morgan fingerprint density at radius 3 is 2.59 bits per heavy atom. The summed E-state index contributed by atoms with van der Waals surface area (Å²) in [5, 5.41) is 25.8. The van der Waals surface area contributed by atoms with Crippen molar-refractivity contribution in [1.82, 2.24) is 25.5 Å². The number of aromatic nitrogens is 4. The van der Waals surface area contributed by atoms with Crippen LogP contribution < -0.4 is 21.7 Å². The summed E-state index contributed by atoms with van der Waals surface area (Å²) in [4.78, 5) is 20.2. The summed E-state index contributed by atoms with van der Waals surface area (Å²) in [6.07, 6.45) is 6.54. The van der Waals surface area contributed by atoms with E-state index in [2.05, 4.69) is 36.1 Å². The maximum Gasteiger partial charge on any atom is 0.273 e. The Hall–Kier alpha value is -3.32. The lowest BCUT2D eigenvalue weighted by atomic mass is 9.91. The molecule has 2 aromatic rings. The molecule has 2 heterocycles. The van der Waals surface area contributed by atoms with Crippen LogP contribution in [0.5, 0.6) is 0 Å². The zero-order valence-corrected chi connectivity index (χ0v) is 14.9. The van der Waals surface area contributed by atoms with Crippen molar-refractivity contribution < 1.29 is 4.79 Å². The van der Waals surface area contributed by atoms with Crippen molar-refractivity contribution in [1.29, 1.82) is 5.26 Å². The van der Waals surface area contributed by atoms with Crippen molar-refractivity contribution in [3.05, 3.63) is 29.8 Å². The van der Waals surface area contributed by atoms with Crippen LogP contribution in [-0.2, 0) is 0 Å². The molecular formula is C17H21N9O. The standard InChI is InChI=1S/C17H21N9O/c1-20-17(27)16-13(23-11-4-2-10(19)3-5-11)6-14(25-26-16)24-15-9-21-12(7-18)8-22-15/h6,8-11H,2-5,19H2,1H3,(H,20,27)(H2,22,23,24,25). The molecule has 27 heavy (non-hydrogen) atoms. The number of nitrogens with zero attached hydrogens (tertiary/aromatic N) is 5. The molecule has 0 atom stereocenters. The SMILES string of the molecule is CNC(=O)c1nnc(Nc2cnc(C#N)cn2)cc1NC1CCC(N)CC1. The average Bonchev–Trinajstić information content (AvgIpc) is 2.70. The summed E-state index contributed by atoms with van der Waals surface area (Å²) in [6, 6.07) is 4.09. The van der Waals surface area contributed by atoms with Crippen LogP contribution in [0.15, 0.2) is 18.5 Å². The number of hydrogen-bond acceptors (Lipinski definition) is 9. The molecule has 1 amide bonds. The normalized spacial score (nSPS) is 19.0. The van der Waals surface area contributed by atoms with Gasteiger partial charge in [-0.25, -0.2) is 9.97 Å². The van der Waals surface area contributed by atoms with E-state index in [-0.39, 0.29) is 29.4 Å². The molecule has 0 spiro atoms. The Bertz CT molecular complexity index is 838. The lowest BCUT2D eigenvalue weighted by Gasteiger charge is -2.28. The minimum Gasteiger partial charge on any atom is -0.380 e. The first-order valence-electron chi connectivity index (χ1n) is 8.70. The predicted molar refractivity (Wildman–Crippen MR) is 99.3 cm³/mol. The van der Waals surface area contributed by atoms with Crippen molar-refractivity contribution in [3.63, 3.8) is 0 Å². The van der Waals surface area contributed by atoms with E-state index in [0.717, 1.165) is 25.7 Å². The van der Waals surface area contributed by atoms with Crippen LogP contribution in [0.1, 0.15) is 41.9 Å². The Labute approximate surface area is 156 Å². The third-order valence-electron chi connectivity index (χ3n) is 4.39. The van der Waals surface area contributed by atoms with Crippen LogP contribution >= 0.6 is 0 Å². The smallest absolute Gasteiger partial charge is 0.273 e. The van der Waals surface area contributed by atoms with Gasteiger partial charge in [0.15, 0.2) is 17.2 Å². The van der Waals surface area contributed by atoms with Gasteiger partial charge in [-0.2, -0.15) is 5.26 Å². The second kappa shape index (κ2) is 8.37. The topological polar surface area (TPSA) is 155 Å². The molecule has 2 aromatic heterocycles. The van der Waals surface area contributed by atoms with Gasteiger partial charge in [0.25, 0.3) is 5.91 Å². The third kappa shape index (κ3) is 4.65. The lowest BCUT2D eigenvalue weighted by Crippen LogP contribution is -2.33. The van der Waals surface area contributed by atoms with E-state index in [1.54, 1.807) is 13.1 Å². The molecule has 0 unspecified atom stereocenters. The van der Waals surface area contributed by atoms with Gasteiger partial charge in [-0.1, -0.05) is 0 Å². The van der Waals surface area contributed by atoms with Gasteiger partial charge in [-0.3, -0.25) is 4.79 Å². The number of nitrogens with two attached hydrogens (primary N) is 1. The Kier molecular flexibility index (Phi) is 5.73. The molecular weight excluding hydrogens is 346 g/mol. The molecule has 0 radical (unpaired) electrons. The van der Waals surface area contributed by atoms with E-state index in [4.69, 9.17) is 11.0 Å². The number of amides is 1. The first-order valence-corrected chi connectivity index (χ1v) is 8.70. The van der Waals surface area contributed by atoms with Gasteiger partial charge < -0.3 is 21.7 Å². The van der Waals surface area contributed by atoms with Crippen LogP contribution in [0.25, 0.3) is 0 Å². The number of carbonyl (C=O) groups is 1. The molecule has 0 saturated heterocycles. The monoisotopic (exact) mass is 367 g/mol. The summed E-state index contributed by atoms with van der Waals surface area (Å²) < 4.78 is 0. The summed E-state index contributed by atoms with van der Waals surface area (Å²) in [6.45, 7) is 0. The quantitative estimate of drug-likeness (QED) is 0.603. The highest BCUT2D eigenvalue weighted by Crippen LogP contribution is 2.25. The van der Waals surface area contributed by atoms with Gasteiger partial charge in [-0.05, 0) is 25.7 Å².